The molecule has 0 bridgehead atoms. The van der Waals surface area contributed by atoms with Gasteiger partial charge in [0.2, 0.25) is 27.6 Å². The second-order valence-corrected chi connectivity index (χ2v) is 11.0. The van der Waals surface area contributed by atoms with Gasteiger partial charge in [0, 0.05) is 31.6 Å². The number of carbonyl (C=O) groups excluding carboxylic acids is 1. The van der Waals surface area contributed by atoms with Gasteiger partial charge >= 0.3 is 0 Å². The molecule has 174 valence electrons. The fraction of sp³-hybridized carbons (Fsp3) is 0.591. The third-order valence-electron chi connectivity index (χ3n) is 6.29. The van der Waals surface area contributed by atoms with Crippen molar-refractivity contribution in [3.8, 4) is 11.4 Å². The van der Waals surface area contributed by atoms with E-state index in [1.807, 2.05) is 0 Å². The van der Waals surface area contributed by atoms with Crippen LogP contribution in [0, 0.1) is 12.8 Å². The summed E-state index contributed by atoms with van der Waals surface area (Å²) in [7, 11) is -3.89. The Morgan fingerprint density at radius 3 is 2.59 bits per heavy atom. The first kappa shape index (κ1) is 23.2. The summed E-state index contributed by atoms with van der Waals surface area (Å²) in [4.78, 5) is 17.1. The molecule has 8 nitrogen and oxygen atoms in total. The van der Waals surface area contributed by atoms with Gasteiger partial charge in [-0.25, -0.2) is 8.42 Å². The molecule has 2 aliphatic rings. The zero-order valence-corrected chi connectivity index (χ0v) is 19.8. The number of amides is 1. The molecule has 1 saturated heterocycles. The van der Waals surface area contributed by atoms with Crippen LogP contribution >= 0.6 is 11.6 Å². The second-order valence-electron chi connectivity index (χ2n) is 8.68. The van der Waals surface area contributed by atoms with Gasteiger partial charge in [0.25, 0.3) is 0 Å². The summed E-state index contributed by atoms with van der Waals surface area (Å²) in [6, 6.07) is 4.85. The standard InChI is InChI=1S/C22H29ClN4O4S/c1-15-24-21(26-31-15)16-10-11-19(23)20(13-16)32(29,30)27-12-6-7-17(14-27)22(28)25-18-8-4-2-3-5-9-18/h10-11,13,17-18H,2-9,12,14H2,1H3,(H,25,28)/t17-/m0/s1. The molecule has 1 atom stereocenters. The minimum atomic E-state index is -3.89. The lowest BCUT2D eigenvalue weighted by Gasteiger charge is -2.32. The lowest BCUT2D eigenvalue weighted by Crippen LogP contribution is -2.47. The highest BCUT2D eigenvalue weighted by Crippen LogP contribution is 2.31. The molecule has 1 amide bonds. The number of hydrogen-bond donors (Lipinski definition) is 1. The maximum atomic E-state index is 13.4. The Morgan fingerprint density at radius 1 is 1.16 bits per heavy atom. The highest BCUT2D eigenvalue weighted by atomic mass is 35.5. The van der Waals surface area contributed by atoms with E-state index < -0.39 is 10.0 Å². The first-order valence-corrected chi connectivity index (χ1v) is 13.1. The highest BCUT2D eigenvalue weighted by molar-refractivity contribution is 7.89. The molecule has 1 aliphatic heterocycles. The predicted molar refractivity (Wildman–Crippen MR) is 121 cm³/mol. The molecule has 0 unspecified atom stereocenters. The Hall–Kier alpha value is -1.97. The van der Waals surface area contributed by atoms with E-state index in [1.54, 1.807) is 13.0 Å². The molecule has 10 heteroatoms. The van der Waals surface area contributed by atoms with Crippen molar-refractivity contribution in [2.45, 2.75) is 69.2 Å². The molecule has 0 spiro atoms. The monoisotopic (exact) mass is 480 g/mol. The van der Waals surface area contributed by atoms with Gasteiger partial charge in [-0.15, -0.1) is 0 Å². The van der Waals surface area contributed by atoms with E-state index in [9.17, 15) is 13.2 Å². The summed E-state index contributed by atoms with van der Waals surface area (Å²) in [6.45, 7) is 2.18. The third kappa shape index (κ3) is 5.15. The van der Waals surface area contributed by atoms with Crippen molar-refractivity contribution in [1.29, 1.82) is 0 Å². The van der Waals surface area contributed by atoms with Crippen molar-refractivity contribution in [1.82, 2.24) is 19.8 Å². The summed E-state index contributed by atoms with van der Waals surface area (Å²) >= 11 is 6.29. The average molecular weight is 481 g/mol. The molecule has 4 rings (SSSR count). The number of aryl methyl sites for hydroxylation is 1. The highest BCUT2D eigenvalue weighted by Gasteiger charge is 2.35. The van der Waals surface area contributed by atoms with Crippen LogP contribution in [0.3, 0.4) is 0 Å². The van der Waals surface area contributed by atoms with E-state index >= 15 is 0 Å². The molecule has 32 heavy (non-hydrogen) atoms. The second kappa shape index (κ2) is 9.89. The van der Waals surface area contributed by atoms with Crippen LogP contribution in [0.1, 0.15) is 57.3 Å². The zero-order chi connectivity index (χ0) is 22.7. The minimum absolute atomic E-state index is 0.0102. The van der Waals surface area contributed by atoms with Crippen molar-refractivity contribution in [2.24, 2.45) is 5.92 Å². The Kier molecular flexibility index (Phi) is 7.17. The first-order valence-electron chi connectivity index (χ1n) is 11.3. The number of carbonyl (C=O) groups is 1. The molecule has 2 heterocycles. The van der Waals surface area contributed by atoms with Crippen LogP contribution in [-0.4, -0.2) is 47.9 Å². The maximum Gasteiger partial charge on any atom is 0.244 e. The van der Waals surface area contributed by atoms with Crippen molar-refractivity contribution in [2.75, 3.05) is 13.1 Å². The van der Waals surface area contributed by atoms with Crippen LogP contribution in [0.15, 0.2) is 27.6 Å². The molecule has 2 fully saturated rings. The quantitative estimate of drug-likeness (QED) is 0.650. The van der Waals surface area contributed by atoms with Crippen LogP contribution in [0.5, 0.6) is 0 Å². The van der Waals surface area contributed by atoms with E-state index in [2.05, 4.69) is 15.5 Å². The lowest BCUT2D eigenvalue weighted by molar-refractivity contribution is -0.126. The van der Waals surface area contributed by atoms with E-state index in [0.717, 1.165) is 25.7 Å². The van der Waals surface area contributed by atoms with Crippen LogP contribution < -0.4 is 5.32 Å². The summed E-state index contributed by atoms with van der Waals surface area (Å²) in [5.41, 5.74) is 0.504. The molecule has 0 radical (unpaired) electrons. The summed E-state index contributed by atoms with van der Waals surface area (Å²) < 4.78 is 33.3. The number of aromatic nitrogens is 2. The van der Waals surface area contributed by atoms with E-state index in [0.29, 0.717) is 36.7 Å². The topological polar surface area (TPSA) is 105 Å². The third-order valence-corrected chi connectivity index (χ3v) is 8.64. The number of nitrogens with zero attached hydrogens (tertiary/aromatic N) is 3. The molecule has 1 N–H and O–H groups in total. The number of nitrogens with one attached hydrogen (secondary N) is 1. The first-order chi connectivity index (χ1) is 15.3. The van der Waals surface area contributed by atoms with Gasteiger partial charge in [0.15, 0.2) is 0 Å². The smallest absolute Gasteiger partial charge is 0.244 e. The largest absolute Gasteiger partial charge is 0.353 e. The fourth-order valence-corrected chi connectivity index (χ4v) is 6.54. The van der Waals surface area contributed by atoms with Crippen LogP contribution in [0.4, 0.5) is 0 Å². The molecule has 1 saturated carbocycles. The van der Waals surface area contributed by atoms with Gasteiger partial charge in [-0.05, 0) is 43.9 Å². The summed E-state index contributed by atoms with van der Waals surface area (Å²) in [5, 5.41) is 7.15. The van der Waals surface area contributed by atoms with Gasteiger partial charge in [0.1, 0.15) is 4.90 Å². The van der Waals surface area contributed by atoms with E-state index in [1.165, 1.54) is 29.3 Å². The minimum Gasteiger partial charge on any atom is -0.353 e. The summed E-state index contributed by atoms with van der Waals surface area (Å²) in [6.07, 6.45) is 7.99. The Bertz CT molecular complexity index is 1060. The zero-order valence-electron chi connectivity index (χ0n) is 18.2. The van der Waals surface area contributed by atoms with Crippen LogP contribution in [-0.2, 0) is 14.8 Å². The van der Waals surface area contributed by atoms with Gasteiger partial charge < -0.3 is 9.84 Å². The molecular weight excluding hydrogens is 452 g/mol. The molecule has 1 aromatic carbocycles. The van der Waals surface area contributed by atoms with Crippen molar-refractivity contribution in [3.63, 3.8) is 0 Å². The number of hydrogen-bond acceptors (Lipinski definition) is 6. The Labute approximate surface area is 193 Å². The molecule has 2 aromatic rings. The van der Waals surface area contributed by atoms with Gasteiger partial charge in [-0.3, -0.25) is 4.79 Å². The van der Waals surface area contributed by atoms with E-state index in [-0.39, 0.29) is 34.3 Å². The fourth-order valence-electron chi connectivity index (χ4n) is 4.51. The van der Waals surface area contributed by atoms with E-state index in [4.69, 9.17) is 16.1 Å². The number of rotatable bonds is 5. The van der Waals surface area contributed by atoms with Crippen LogP contribution in [0.2, 0.25) is 5.02 Å². The van der Waals surface area contributed by atoms with Gasteiger partial charge in [0.05, 0.1) is 10.9 Å². The molecule has 1 aliphatic carbocycles. The van der Waals surface area contributed by atoms with Gasteiger partial charge in [-0.2, -0.15) is 9.29 Å². The van der Waals surface area contributed by atoms with Crippen LogP contribution in [0.25, 0.3) is 11.4 Å². The Morgan fingerprint density at radius 2 is 1.91 bits per heavy atom. The van der Waals surface area contributed by atoms with Gasteiger partial charge in [-0.1, -0.05) is 42.4 Å². The Balaban J connectivity index is 1.50. The van der Waals surface area contributed by atoms with Crippen molar-refractivity contribution < 1.29 is 17.7 Å². The molecule has 1 aromatic heterocycles. The normalized spacial score (nSPS) is 21.2. The number of benzene rings is 1. The predicted octanol–water partition coefficient (Wildman–Crippen LogP) is 3.94. The number of sulfonamides is 1. The number of piperidine rings is 1. The van der Waals surface area contributed by atoms with Crippen molar-refractivity contribution in [3.05, 3.63) is 29.1 Å². The lowest BCUT2D eigenvalue weighted by atomic mass is 9.97. The number of halogens is 1. The molecular formula is C22H29ClN4O4S. The van der Waals surface area contributed by atoms with Crippen molar-refractivity contribution >= 4 is 27.5 Å². The SMILES string of the molecule is Cc1nc(-c2ccc(Cl)c(S(=O)(=O)N3CCC[C@H](C(=O)NC4CCCCCC4)C3)c2)no1. The average Bonchev–Trinajstić information content (AvgIpc) is 3.05. The maximum absolute atomic E-state index is 13.4. The summed E-state index contributed by atoms with van der Waals surface area (Å²) in [5.74, 6) is 0.287.